The molecular weight excluding hydrogens is 470 g/mol. The number of nitrogens with one attached hydrogen (secondary N) is 1. The summed E-state index contributed by atoms with van der Waals surface area (Å²) in [5, 5.41) is 0. The van der Waals surface area contributed by atoms with Crippen LogP contribution in [0.3, 0.4) is 0 Å². The quantitative estimate of drug-likeness (QED) is 0.368. The number of hydrogen-bond acceptors (Lipinski definition) is 9. The molecule has 0 spiro atoms. The molecule has 4 aromatic rings. The molecule has 4 rings (SSSR count). The smallest absolute Gasteiger partial charge is 0.263 e. The molecule has 10 nitrogen and oxygen atoms in total. The van der Waals surface area contributed by atoms with Crippen molar-refractivity contribution >= 4 is 15.8 Å². The highest BCUT2D eigenvalue weighted by Gasteiger charge is 2.24. The van der Waals surface area contributed by atoms with Crippen LogP contribution in [0.4, 0.5) is 5.82 Å². The van der Waals surface area contributed by atoms with E-state index in [9.17, 15) is 8.42 Å². The number of rotatable bonds is 9. The summed E-state index contributed by atoms with van der Waals surface area (Å²) < 4.78 is 45.5. The Hall–Kier alpha value is -4.25. The van der Waals surface area contributed by atoms with Crippen LogP contribution in [-0.2, 0) is 15.8 Å². The topological polar surface area (TPSA) is 125 Å². The maximum Gasteiger partial charge on any atom is 0.263 e. The van der Waals surface area contributed by atoms with E-state index in [0.29, 0.717) is 22.8 Å². The normalized spacial score (nSPS) is 11.1. The summed E-state index contributed by atoms with van der Waals surface area (Å²) >= 11 is 0. The minimum absolute atomic E-state index is 0.0183. The summed E-state index contributed by atoms with van der Waals surface area (Å²) in [5.41, 5.74) is 1.92. The fourth-order valence-electron chi connectivity index (χ4n) is 3.13. The molecule has 0 aliphatic rings. The first-order valence-electron chi connectivity index (χ1n) is 10.5. The second-order valence-corrected chi connectivity index (χ2v) is 9.13. The highest BCUT2D eigenvalue weighted by Crippen LogP contribution is 2.41. The third kappa shape index (κ3) is 5.82. The van der Waals surface area contributed by atoms with E-state index in [0.717, 1.165) is 5.56 Å². The van der Waals surface area contributed by atoms with Gasteiger partial charge < -0.3 is 14.2 Å². The molecule has 0 saturated carbocycles. The number of sulfonamides is 1. The first-order chi connectivity index (χ1) is 16.9. The molecule has 0 bridgehead atoms. The van der Waals surface area contributed by atoms with E-state index in [4.69, 9.17) is 14.2 Å². The molecule has 1 aromatic carbocycles. The van der Waals surface area contributed by atoms with Crippen LogP contribution in [0.25, 0.3) is 11.4 Å². The van der Waals surface area contributed by atoms with E-state index in [-0.39, 0.29) is 29.0 Å². The predicted octanol–water partition coefficient (Wildman–Crippen LogP) is 3.99. The first kappa shape index (κ1) is 23.9. The van der Waals surface area contributed by atoms with Crippen LogP contribution in [0.5, 0.6) is 23.1 Å². The third-order valence-electron chi connectivity index (χ3n) is 4.81. The van der Waals surface area contributed by atoms with Crippen molar-refractivity contribution in [1.29, 1.82) is 0 Å². The Balaban J connectivity index is 1.79. The van der Waals surface area contributed by atoms with Crippen molar-refractivity contribution in [3.05, 3.63) is 78.4 Å². The summed E-state index contributed by atoms with van der Waals surface area (Å²) in [6.07, 6.45) is 4.77. The fraction of sp³-hybridized carbons (Fsp3) is 0.167. The molecule has 0 fully saturated rings. The van der Waals surface area contributed by atoms with Crippen molar-refractivity contribution in [3.63, 3.8) is 0 Å². The predicted molar refractivity (Wildman–Crippen MR) is 130 cm³/mol. The van der Waals surface area contributed by atoms with Gasteiger partial charge >= 0.3 is 0 Å². The fourth-order valence-corrected chi connectivity index (χ4v) is 4.20. The average molecular weight is 494 g/mol. The zero-order valence-corrected chi connectivity index (χ0v) is 20.1. The molecule has 1 N–H and O–H groups in total. The van der Waals surface area contributed by atoms with Crippen LogP contribution >= 0.6 is 0 Å². The summed E-state index contributed by atoms with van der Waals surface area (Å²) in [6, 6.07) is 13.8. The summed E-state index contributed by atoms with van der Waals surface area (Å²) in [6.45, 7) is 1.87. The van der Waals surface area contributed by atoms with Crippen LogP contribution in [0.15, 0.2) is 67.1 Å². The van der Waals surface area contributed by atoms with Crippen LogP contribution in [0.2, 0.25) is 0 Å². The van der Waals surface area contributed by atoms with Crippen LogP contribution in [-0.4, -0.2) is 42.6 Å². The van der Waals surface area contributed by atoms with Crippen molar-refractivity contribution in [3.8, 4) is 34.5 Å². The Labute approximate surface area is 203 Å². The van der Waals surface area contributed by atoms with Crippen molar-refractivity contribution in [2.45, 2.75) is 12.7 Å². The van der Waals surface area contributed by atoms with E-state index >= 15 is 0 Å². The van der Waals surface area contributed by atoms with Gasteiger partial charge in [-0.05, 0) is 42.8 Å². The summed E-state index contributed by atoms with van der Waals surface area (Å²) in [7, 11) is -1.03. The van der Waals surface area contributed by atoms with Crippen molar-refractivity contribution in [2.75, 3.05) is 18.9 Å². The molecule has 0 amide bonds. The minimum atomic E-state index is -3.94. The maximum absolute atomic E-state index is 13.1. The van der Waals surface area contributed by atoms with Gasteiger partial charge in [0.2, 0.25) is 15.8 Å². The van der Waals surface area contributed by atoms with Gasteiger partial charge in [0.25, 0.3) is 5.88 Å². The molecule has 35 heavy (non-hydrogen) atoms. The molecule has 0 atom stereocenters. The zero-order valence-electron chi connectivity index (χ0n) is 19.3. The highest BCUT2D eigenvalue weighted by molar-refractivity contribution is 7.91. The maximum atomic E-state index is 13.1. The number of para-hydroxylation sites is 2. The van der Waals surface area contributed by atoms with Crippen molar-refractivity contribution < 1.29 is 22.6 Å². The van der Waals surface area contributed by atoms with Gasteiger partial charge in [0, 0.05) is 24.2 Å². The lowest BCUT2D eigenvalue weighted by Crippen LogP contribution is -2.18. The second kappa shape index (κ2) is 10.3. The Morgan fingerprint density at radius 3 is 2.31 bits per heavy atom. The Bertz CT molecular complexity index is 1410. The Morgan fingerprint density at radius 2 is 1.66 bits per heavy atom. The number of aryl methyl sites for hydroxylation is 1. The van der Waals surface area contributed by atoms with Crippen molar-refractivity contribution in [2.24, 2.45) is 0 Å². The lowest BCUT2D eigenvalue weighted by molar-refractivity contribution is 0.348. The van der Waals surface area contributed by atoms with E-state index in [1.165, 1.54) is 14.2 Å². The van der Waals surface area contributed by atoms with Gasteiger partial charge in [-0.25, -0.2) is 13.4 Å². The molecule has 3 aromatic heterocycles. The number of nitrogens with zero attached hydrogens (tertiary/aromatic N) is 4. The van der Waals surface area contributed by atoms with E-state index in [2.05, 4.69) is 24.7 Å². The Morgan fingerprint density at radius 1 is 0.914 bits per heavy atom. The van der Waals surface area contributed by atoms with E-state index in [1.807, 2.05) is 6.92 Å². The molecule has 0 saturated heterocycles. The van der Waals surface area contributed by atoms with Crippen LogP contribution < -0.4 is 18.9 Å². The van der Waals surface area contributed by atoms with Gasteiger partial charge in [0.15, 0.2) is 23.1 Å². The van der Waals surface area contributed by atoms with Crippen LogP contribution in [0.1, 0.15) is 11.3 Å². The molecule has 0 unspecified atom stereocenters. The van der Waals surface area contributed by atoms with Gasteiger partial charge in [-0.2, -0.15) is 4.98 Å². The number of benzene rings is 1. The number of hydrogen-bond donors (Lipinski definition) is 1. The molecule has 0 aliphatic carbocycles. The van der Waals surface area contributed by atoms with E-state index < -0.39 is 10.0 Å². The minimum Gasteiger partial charge on any atom is -0.493 e. The number of ether oxygens (including phenoxy) is 3. The average Bonchev–Trinajstić information content (AvgIpc) is 2.86. The number of methoxy groups -OCH3 is 2. The van der Waals surface area contributed by atoms with Crippen molar-refractivity contribution in [1.82, 2.24) is 19.9 Å². The van der Waals surface area contributed by atoms with Gasteiger partial charge in [-0.1, -0.05) is 18.2 Å². The molecule has 3 heterocycles. The van der Waals surface area contributed by atoms with E-state index in [1.54, 1.807) is 67.1 Å². The SMILES string of the molecule is COc1ccccc1Oc1c(NS(=O)(=O)Cc2ccc(C)cn2)nc(-c2ccncc2)nc1OC. The first-order valence-corrected chi connectivity index (χ1v) is 12.1. The number of pyridine rings is 2. The van der Waals surface area contributed by atoms with Gasteiger partial charge in [0.1, 0.15) is 5.75 Å². The molecule has 180 valence electrons. The van der Waals surface area contributed by atoms with Gasteiger partial charge in [0.05, 0.1) is 19.9 Å². The Kier molecular flexibility index (Phi) is 7.06. The largest absolute Gasteiger partial charge is 0.493 e. The summed E-state index contributed by atoms with van der Waals surface area (Å²) in [5.74, 6) is 0.543. The number of anilines is 1. The standard InChI is InChI=1S/C24H23N5O5S/c1-16-8-9-18(26-14-16)15-35(30,31)29-23-21(34-20-7-5-4-6-19(20)32-2)24(33-3)28-22(27-23)17-10-12-25-13-11-17/h4-14H,15H2,1-3H3,(H,27,28,29). The molecule has 11 heteroatoms. The second-order valence-electron chi connectivity index (χ2n) is 7.41. The molecule has 0 aliphatic heterocycles. The zero-order chi connectivity index (χ0) is 24.8. The monoisotopic (exact) mass is 493 g/mol. The van der Waals surface area contributed by atoms with Gasteiger partial charge in [-0.3, -0.25) is 14.7 Å². The third-order valence-corrected chi connectivity index (χ3v) is 5.99. The highest BCUT2D eigenvalue weighted by atomic mass is 32.2. The lowest BCUT2D eigenvalue weighted by Gasteiger charge is -2.17. The lowest BCUT2D eigenvalue weighted by atomic mass is 10.2. The van der Waals surface area contributed by atoms with Gasteiger partial charge in [-0.15, -0.1) is 0 Å². The molecular formula is C24H23N5O5S. The molecule has 0 radical (unpaired) electrons. The van der Waals surface area contributed by atoms with Crippen LogP contribution in [0, 0.1) is 6.92 Å². The number of aromatic nitrogens is 4. The summed E-state index contributed by atoms with van der Waals surface area (Å²) in [4.78, 5) is 17.1.